The Hall–Kier alpha value is -0.170. The molecule has 2 fully saturated rings. The van der Waals surface area contributed by atoms with Gasteiger partial charge in [-0.3, -0.25) is 4.90 Å². The zero-order chi connectivity index (χ0) is 15.5. The molecule has 2 unspecified atom stereocenters. The molecule has 2 rings (SSSR count). The first kappa shape index (κ1) is 17.2. The van der Waals surface area contributed by atoms with Crippen LogP contribution in [0.25, 0.3) is 0 Å². The van der Waals surface area contributed by atoms with Crippen molar-refractivity contribution in [2.24, 2.45) is 0 Å². The molecule has 21 heavy (non-hydrogen) atoms. The molecular weight excluding hydrogens is 286 g/mol. The van der Waals surface area contributed by atoms with Crippen LogP contribution in [0.3, 0.4) is 0 Å². The zero-order valence-corrected chi connectivity index (χ0v) is 14.5. The molecule has 1 N–H and O–H groups in total. The molecular formula is C15H31N3O2S. The first-order valence-electron chi connectivity index (χ1n) is 8.37. The van der Waals surface area contributed by atoms with Gasteiger partial charge in [-0.1, -0.05) is 20.3 Å². The molecule has 2 heterocycles. The van der Waals surface area contributed by atoms with E-state index in [1.807, 2.05) is 20.8 Å². The van der Waals surface area contributed by atoms with Crippen LogP contribution in [0, 0.1) is 0 Å². The number of likely N-dealkylation sites (tertiary alicyclic amines) is 1. The van der Waals surface area contributed by atoms with Gasteiger partial charge in [-0.25, -0.2) is 12.7 Å². The Labute approximate surface area is 130 Å². The van der Waals surface area contributed by atoms with Crippen LogP contribution >= 0.6 is 0 Å². The third-order valence-electron chi connectivity index (χ3n) is 4.72. The molecule has 0 aromatic rings. The first-order valence-corrected chi connectivity index (χ1v) is 9.88. The Morgan fingerprint density at radius 3 is 2.38 bits per heavy atom. The summed E-state index contributed by atoms with van der Waals surface area (Å²) in [5, 5.41) is 2.89. The van der Waals surface area contributed by atoms with Gasteiger partial charge in [0.1, 0.15) is 0 Å². The van der Waals surface area contributed by atoms with Gasteiger partial charge in [0, 0.05) is 31.7 Å². The fourth-order valence-electron chi connectivity index (χ4n) is 3.28. The Morgan fingerprint density at radius 2 is 1.76 bits per heavy atom. The van der Waals surface area contributed by atoms with E-state index in [1.165, 1.54) is 19.3 Å². The van der Waals surface area contributed by atoms with Gasteiger partial charge in [0.2, 0.25) is 10.0 Å². The standard InChI is InChI=1S/C15H31N3O2S/c1-13(2)16-11-14(3)21(19,20)18-10-7-15(12-18)17-8-5-4-6-9-17/h13-16H,4-12H2,1-3H3. The minimum Gasteiger partial charge on any atom is -0.313 e. The van der Waals surface area contributed by atoms with Crippen molar-refractivity contribution in [2.75, 3.05) is 32.7 Å². The van der Waals surface area contributed by atoms with Crippen molar-refractivity contribution in [3.63, 3.8) is 0 Å². The molecule has 2 atom stereocenters. The van der Waals surface area contributed by atoms with Crippen LogP contribution in [-0.2, 0) is 10.0 Å². The lowest BCUT2D eigenvalue weighted by Crippen LogP contribution is -2.45. The van der Waals surface area contributed by atoms with Gasteiger partial charge in [-0.15, -0.1) is 0 Å². The van der Waals surface area contributed by atoms with Gasteiger partial charge in [0.15, 0.2) is 0 Å². The monoisotopic (exact) mass is 317 g/mol. The Bertz CT molecular complexity index is 419. The predicted molar refractivity (Wildman–Crippen MR) is 86.9 cm³/mol. The van der Waals surface area contributed by atoms with Gasteiger partial charge >= 0.3 is 0 Å². The van der Waals surface area contributed by atoms with E-state index >= 15 is 0 Å². The normalized spacial score (nSPS) is 27.3. The number of hydrogen-bond acceptors (Lipinski definition) is 4. The third-order valence-corrected chi connectivity index (χ3v) is 6.95. The van der Waals surface area contributed by atoms with Crippen molar-refractivity contribution in [1.29, 1.82) is 0 Å². The first-order chi connectivity index (χ1) is 9.91. The fraction of sp³-hybridized carbons (Fsp3) is 1.00. The number of piperidine rings is 1. The second-order valence-electron chi connectivity index (χ2n) is 6.82. The van der Waals surface area contributed by atoms with E-state index < -0.39 is 10.0 Å². The van der Waals surface area contributed by atoms with Crippen molar-refractivity contribution in [3.05, 3.63) is 0 Å². The van der Waals surface area contributed by atoms with Crippen LogP contribution in [0.5, 0.6) is 0 Å². The lowest BCUT2D eigenvalue weighted by Gasteiger charge is -2.32. The van der Waals surface area contributed by atoms with Gasteiger partial charge < -0.3 is 5.32 Å². The zero-order valence-electron chi connectivity index (χ0n) is 13.7. The summed E-state index contributed by atoms with van der Waals surface area (Å²) in [5.41, 5.74) is 0. The summed E-state index contributed by atoms with van der Waals surface area (Å²) in [6.07, 6.45) is 4.84. The van der Waals surface area contributed by atoms with E-state index in [0.29, 0.717) is 31.7 Å². The molecule has 0 spiro atoms. The van der Waals surface area contributed by atoms with Crippen molar-refractivity contribution in [3.8, 4) is 0 Å². The second-order valence-corrected chi connectivity index (χ2v) is 9.17. The van der Waals surface area contributed by atoms with E-state index in [-0.39, 0.29) is 5.25 Å². The maximum atomic E-state index is 12.6. The number of rotatable bonds is 6. The average molecular weight is 317 g/mol. The Kier molecular flexibility index (Phi) is 6.05. The summed E-state index contributed by atoms with van der Waals surface area (Å²) in [7, 11) is -3.16. The maximum absolute atomic E-state index is 12.6. The Morgan fingerprint density at radius 1 is 1.10 bits per heavy atom. The molecule has 0 aliphatic carbocycles. The fourth-order valence-corrected chi connectivity index (χ4v) is 4.84. The molecule has 0 bridgehead atoms. The molecule has 2 aliphatic heterocycles. The molecule has 2 aliphatic rings. The highest BCUT2D eigenvalue weighted by molar-refractivity contribution is 7.89. The minimum atomic E-state index is -3.16. The van der Waals surface area contributed by atoms with E-state index in [2.05, 4.69) is 10.2 Å². The molecule has 0 saturated carbocycles. The van der Waals surface area contributed by atoms with Crippen LogP contribution < -0.4 is 5.32 Å². The van der Waals surface area contributed by atoms with Crippen LogP contribution in [0.2, 0.25) is 0 Å². The summed E-state index contributed by atoms with van der Waals surface area (Å²) in [6, 6.07) is 0.757. The minimum absolute atomic E-state index is 0.322. The highest BCUT2D eigenvalue weighted by atomic mass is 32.2. The summed E-state index contributed by atoms with van der Waals surface area (Å²) in [4.78, 5) is 2.50. The molecule has 0 radical (unpaired) electrons. The van der Waals surface area contributed by atoms with Crippen LogP contribution in [0.15, 0.2) is 0 Å². The van der Waals surface area contributed by atoms with Gasteiger partial charge in [-0.2, -0.15) is 0 Å². The number of nitrogens with zero attached hydrogens (tertiary/aromatic N) is 2. The second kappa shape index (κ2) is 7.40. The van der Waals surface area contributed by atoms with Gasteiger partial charge in [-0.05, 0) is 39.3 Å². The lowest BCUT2D eigenvalue weighted by molar-refractivity contribution is 0.169. The largest absolute Gasteiger partial charge is 0.313 e. The molecule has 6 heteroatoms. The molecule has 0 amide bonds. The third kappa shape index (κ3) is 4.41. The van der Waals surface area contributed by atoms with Crippen molar-refractivity contribution < 1.29 is 8.42 Å². The molecule has 5 nitrogen and oxygen atoms in total. The van der Waals surface area contributed by atoms with Crippen molar-refractivity contribution in [2.45, 2.75) is 63.8 Å². The van der Waals surface area contributed by atoms with Gasteiger partial charge in [0.05, 0.1) is 5.25 Å². The molecule has 2 saturated heterocycles. The maximum Gasteiger partial charge on any atom is 0.218 e. The van der Waals surface area contributed by atoms with E-state index in [4.69, 9.17) is 0 Å². The smallest absolute Gasteiger partial charge is 0.218 e. The van der Waals surface area contributed by atoms with Crippen LogP contribution in [0.4, 0.5) is 0 Å². The lowest BCUT2D eigenvalue weighted by atomic mass is 10.1. The Balaban J connectivity index is 1.89. The van der Waals surface area contributed by atoms with Crippen molar-refractivity contribution in [1.82, 2.24) is 14.5 Å². The summed E-state index contributed by atoms with van der Waals surface area (Å²) in [6.45, 7) is 10.1. The summed E-state index contributed by atoms with van der Waals surface area (Å²) in [5.74, 6) is 0. The average Bonchev–Trinajstić information content (AvgIpc) is 2.96. The topological polar surface area (TPSA) is 52.7 Å². The molecule has 0 aromatic carbocycles. The van der Waals surface area contributed by atoms with E-state index in [0.717, 1.165) is 19.5 Å². The highest BCUT2D eigenvalue weighted by Gasteiger charge is 2.37. The summed E-state index contributed by atoms with van der Waals surface area (Å²) < 4.78 is 27.0. The molecule has 124 valence electrons. The predicted octanol–water partition coefficient (Wildman–Crippen LogP) is 1.26. The van der Waals surface area contributed by atoms with Crippen LogP contribution in [0.1, 0.15) is 46.5 Å². The SMILES string of the molecule is CC(C)NCC(C)S(=O)(=O)N1CCC(N2CCCCC2)C1. The van der Waals surface area contributed by atoms with Crippen molar-refractivity contribution >= 4 is 10.0 Å². The molecule has 0 aromatic heterocycles. The summed E-state index contributed by atoms with van der Waals surface area (Å²) >= 11 is 0. The number of hydrogen-bond donors (Lipinski definition) is 1. The van der Waals surface area contributed by atoms with E-state index in [1.54, 1.807) is 4.31 Å². The number of nitrogens with one attached hydrogen (secondary N) is 1. The van der Waals surface area contributed by atoms with Gasteiger partial charge in [0.25, 0.3) is 0 Å². The highest BCUT2D eigenvalue weighted by Crippen LogP contribution is 2.23. The quantitative estimate of drug-likeness (QED) is 0.801. The van der Waals surface area contributed by atoms with E-state index in [9.17, 15) is 8.42 Å². The van der Waals surface area contributed by atoms with Crippen LogP contribution in [-0.4, -0.2) is 67.7 Å². The number of sulfonamides is 1.